The van der Waals surface area contributed by atoms with Crippen molar-refractivity contribution in [2.45, 2.75) is 32.1 Å². The molecule has 0 spiro atoms. The second-order valence-electron chi connectivity index (χ2n) is 6.85. The number of halogens is 1. The molecule has 0 saturated heterocycles. The lowest BCUT2D eigenvalue weighted by Gasteiger charge is -2.26. The van der Waals surface area contributed by atoms with Gasteiger partial charge in [0.15, 0.2) is 0 Å². The van der Waals surface area contributed by atoms with Crippen LogP contribution in [0, 0.1) is 6.92 Å². The maximum Gasteiger partial charge on any atom is 0.146 e. The minimum absolute atomic E-state index is 0.382. The summed E-state index contributed by atoms with van der Waals surface area (Å²) in [6.45, 7) is 2.02. The van der Waals surface area contributed by atoms with Crippen LogP contribution in [0.1, 0.15) is 35.8 Å². The number of anilines is 1. The molecule has 0 aliphatic heterocycles. The van der Waals surface area contributed by atoms with E-state index in [-0.39, 0.29) is 0 Å². The van der Waals surface area contributed by atoms with Gasteiger partial charge in [0.05, 0.1) is 33.8 Å². The SMILES string of the molecule is Cc1cnc(-c2nc(N)c(C3CCC3)nc2-c2cc(Cl)c3[nH]cnc3c2)s1. The van der Waals surface area contributed by atoms with E-state index in [4.69, 9.17) is 27.3 Å². The molecule has 4 aromatic rings. The molecule has 3 heterocycles. The lowest BCUT2D eigenvalue weighted by Crippen LogP contribution is -2.15. The first-order valence-electron chi connectivity index (χ1n) is 8.83. The first-order valence-corrected chi connectivity index (χ1v) is 10.0. The number of nitrogens with one attached hydrogen (secondary N) is 1. The van der Waals surface area contributed by atoms with Gasteiger partial charge in [-0.3, -0.25) is 0 Å². The molecule has 136 valence electrons. The van der Waals surface area contributed by atoms with Gasteiger partial charge in [0.25, 0.3) is 0 Å². The van der Waals surface area contributed by atoms with E-state index in [1.54, 1.807) is 17.7 Å². The number of rotatable bonds is 3. The number of benzene rings is 1. The van der Waals surface area contributed by atoms with Crippen LogP contribution in [-0.2, 0) is 0 Å². The molecule has 1 saturated carbocycles. The number of fused-ring (bicyclic) bond motifs is 1. The Morgan fingerprint density at radius 2 is 2.04 bits per heavy atom. The van der Waals surface area contributed by atoms with Gasteiger partial charge in [0.2, 0.25) is 0 Å². The van der Waals surface area contributed by atoms with Crippen molar-refractivity contribution in [3.05, 3.63) is 40.3 Å². The standard InChI is InChI=1S/C19H17ClN6S/c1-9-7-22-19(27-9)17-14(25-15(18(21)26-17)10-3-2-4-10)11-5-12(20)16-13(6-11)23-8-24-16/h5-8,10H,2-4H2,1H3,(H2,21,26)(H,23,24). The van der Waals surface area contributed by atoms with Crippen molar-refractivity contribution < 1.29 is 0 Å². The van der Waals surface area contributed by atoms with E-state index < -0.39 is 0 Å². The number of nitrogen functional groups attached to an aromatic ring is 1. The lowest BCUT2D eigenvalue weighted by molar-refractivity contribution is 0.412. The number of aromatic amines is 1. The van der Waals surface area contributed by atoms with Crippen molar-refractivity contribution in [2.24, 2.45) is 0 Å². The predicted molar refractivity (Wildman–Crippen MR) is 109 cm³/mol. The molecule has 1 aromatic carbocycles. The third-order valence-electron chi connectivity index (χ3n) is 5.02. The highest BCUT2D eigenvalue weighted by Crippen LogP contribution is 2.41. The van der Waals surface area contributed by atoms with E-state index in [0.29, 0.717) is 22.5 Å². The van der Waals surface area contributed by atoms with E-state index in [0.717, 1.165) is 50.7 Å². The molecule has 0 atom stereocenters. The third kappa shape index (κ3) is 2.78. The van der Waals surface area contributed by atoms with Crippen LogP contribution in [0.25, 0.3) is 33.0 Å². The predicted octanol–water partition coefficient (Wildman–Crippen LogP) is 4.95. The molecule has 0 radical (unpaired) electrons. The van der Waals surface area contributed by atoms with Crippen LogP contribution in [0.4, 0.5) is 5.82 Å². The summed E-state index contributed by atoms with van der Waals surface area (Å²) in [5.41, 5.74) is 11.1. The maximum absolute atomic E-state index is 6.47. The summed E-state index contributed by atoms with van der Waals surface area (Å²) in [6, 6.07) is 3.88. The first-order chi connectivity index (χ1) is 13.1. The van der Waals surface area contributed by atoms with Gasteiger partial charge in [-0.1, -0.05) is 18.0 Å². The summed E-state index contributed by atoms with van der Waals surface area (Å²) in [6.07, 6.45) is 6.89. The molecule has 6 nitrogen and oxygen atoms in total. The molecule has 27 heavy (non-hydrogen) atoms. The molecular weight excluding hydrogens is 380 g/mol. The summed E-state index contributed by atoms with van der Waals surface area (Å²) >= 11 is 8.05. The molecule has 1 aliphatic carbocycles. The quantitative estimate of drug-likeness (QED) is 0.510. The number of aryl methyl sites for hydroxylation is 1. The van der Waals surface area contributed by atoms with Crippen molar-refractivity contribution in [1.82, 2.24) is 24.9 Å². The number of thiazole rings is 1. The minimum atomic E-state index is 0.382. The molecule has 3 aromatic heterocycles. The summed E-state index contributed by atoms with van der Waals surface area (Å²) in [4.78, 5) is 22.7. The number of nitrogens with two attached hydrogens (primary N) is 1. The normalized spacial score (nSPS) is 14.6. The Kier molecular flexibility index (Phi) is 3.87. The van der Waals surface area contributed by atoms with Crippen molar-refractivity contribution >= 4 is 39.8 Å². The van der Waals surface area contributed by atoms with Crippen LogP contribution in [0.15, 0.2) is 24.7 Å². The van der Waals surface area contributed by atoms with Gasteiger partial charge in [-0.05, 0) is 31.9 Å². The molecular formula is C19H17ClN6S. The van der Waals surface area contributed by atoms with Crippen LogP contribution < -0.4 is 5.73 Å². The molecule has 3 N–H and O–H groups in total. The summed E-state index contributed by atoms with van der Waals surface area (Å²) < 4.78 is 0. The van der Waals surface area contributed by atoms with Crippen LogP contribution in [0.3, 0.4) is 0 Å². The summed E-state index contributed by atoms with van der Waals surface area (Å²) in [5.74, 6) is 0.881. The number of aromatic nitrogens is 5. The molecule has 0 bridgehead atoms. The highest BCUT2D eigenvalue weighted by molar-refractivity contribution is 7.14. The average molecular weight is 397 g/mol. The molecule has 8 heteroatoms. The largest absolute Gasteiger partial charge is 0.382 e. The number of imidazole rings is 1. The minimum Gasteiger partial charge on any atom is -0.382 e. The second-order valence-corrected chi connectivity index (χ2v) is 8.49. The fourth-order valence-electron chi connectivity index (χ4n) is 3.40. The van der Waals surface area contributed by atoms with Crippen molar-refractivity contribution in [3.8, 4) is 22.0 Å². The Labute approximate surface area is 164 Å². The third-order valence-corrected chi connectivity index (χ3v) is 6.24. The van der Waals surface area contributed by atoms with Gasteiger partial charge in [-0.15, -0.1) is 11.3 Å². The van der Waals surface area contributed by atoms with Gasteiger partial charge in [-0.2, -0.15) is 0 Å². The van der Waals surface area contributed by atoms with E-state index >= 15 is 0 Å². The van der Waals surface area contributed by atoms with Gasteiger partial charge >= 0.3 is 0 Å². The van der Waals surface area contributed by atoms with E-state index in [1.165, 1.54) is 6.42 Å². The highest BCUT2D eigenvalue weighted by atomic mass is 35.5. The Morgan fingerprint density at radius 3 is 2.74 bits per heavy atom. The second kappa shape index (κ2) is 6.28. The first kappa shape index (κ1) is 16.6. The van der Waals surface area contributed by atoms with E-state index in [2.05, 4.69) is 15.0 Å². The monoisotopic (exact) mass is 396 g/mol. The van der Waals surface area contributed by atoms with Crippen LogP contribution >= 0.6 is 22.9 Å². The Morgan fingerprint density at radius 1 is 1.19 bits per heavy atom. The highest BCUT2D eigenvalue weighted by Gasteiger charge is 2.27. The maximum atomic E-state index is 6.47. The van der Waals surface area contributed by atoms with Crippen LogP contribution in [0.2, 0.25) is 5.02 Å². The number of hydrogen-bond acceptors (Lipinski definition) is 6. The van der Waals surface area contributed by atoms with Crippen molar-refractivity contribution in [2.75, 3.05) is 5.73 Å². The molecule has 1 aliphatic rings. The number of nitrogens with zero attached hydrogens (tertiary/aromatic N) is 4. The average Bonchev–Trinajstić information content (AvgIpc) is 3.23. The van der Waals surface area contributed by atoms with Gasteiger partial charge < -0.3 is 10.7 Å². The van der Waals surface area contributed by atoms with Crippen molar-refractivity contribution in [3.63, 3.8) is 0 Å². The summed E-state index contributed by atoms with van der Waals surface area (Å²) in [7, 11) is 0. The Bertz CT molecular complexity index is 1160. The van der Waals surface area contributed by atoms with Gasteiger partial charge in [-0.25, -0.2) is 19.9 Å². The fourth-order valence-corrected chi connectivity index (χ4v) is 4.42. The topological polar surface area (TPSA) is 93.4 Å². The fraction of sp³-hybridized carbons (Fsp3) is 0.263. The Balaban J connectivity index is 1.76. The van der Waals surface area contributed by atoms with Crippen molar-refractivity contribution in [1.29, 1.82) is 0 Å². The zero-order valence-electron chi connectivity index (χ0n) is 14.7. The summed E-state index contributed by atoms with van der Waals surface area (Å²) in [5, 5.41) is 1.41. The molecule has 0 amide bonds. The number of H-pyrrole nitrogens is 1. The molecule has 0 unspecified atom stereocenters. The Hall–Kier alpha value is -2.51. The van der Waals surface area contributed by atoms with Crippen LogP contribution in [-0.4, -0.2) is 24.9 Å². The number of hydrogen-bond donors (Lipinski definition) is 2. The van der Waals surface area contributed by atoms with Gasteiger partial charge in [0, 0.05) is 22.6 Å². The smallest absolute Gasteiger partial charge is 0.146 e. The zero-order valence-corrected chi connectivity index (χ0v) is 16.2. The zero-order chi connectivity index (χ0) is 18.5. The van der Waals surface area contributed by atoms with Gasteiger partial charge in [0.1, 0.15) is 16.5 Å². The van der Waals surface area contributed by atoms with E-state index in [1.807, 2.05) is 25.3 Å². The molecule has 1 fully saturated rings. The molecule has 5 rings (SSSR count). The van der Waals surface area contributed by atoms with E-state index in [9.17, 15) is 0 Å². The van der Waals surface area contributed by atoms with Crippen LogP contribution in [0.5, 0.6) is 0 Å². The lowest BCUT2D eigenvalue weighted by atomic mass is 9.82.